The fourth-order valence-corrected chi connectivity index (χ4v) is 2.26. The average Bonchev–Trinajstić information content (AvgIpc) is 2.63. The highest BCUT2D eigenvalue weighted by atomic mass is 16.5. The molecule has 1 aromatic rings. The highest BCUT2D eigenvalue weighted by molar-refractivity contribution is 5.79. The fraction of sp³-hybridized carbons (Fsp3) is 0.579. The number of hydrogen-bond acceptors (Lipinski definition) is 4. The smallest absolute Gasteiger partial charge is 0.305 e. The third kappa shape index (κ3) is 11.0. The monoisotopic (exact) mass is 349 g/mol. The molecule has 0 fully saturated rings. The topological polar surface area (TPSA) is 72.0 Å². The molecule has 0 bridgehead atoms. The molecule has 0 spiro atoms. The Bertz CT molecular complexity index is 492. The van der Waals surface area contributed by atoms with Gasteiger partial charge < -0.3 is 20.1 Å². The molecule has 0 saturated heterocycles. The first-order valence-electron chi connectivity index (χ1n) is 9.04. The van der Waals surface area contributed by atoms with Crippen LogP contribution in [0.5, 0.6) is 5.75 Å². The van der Waals surface area contributed by atoms with Crippen LogP contribution in [0.2, 0.25) is 0 Å². The van der Waals surface area contributed by atoms with Gasteiger partial charge in [0.25, 0.3) is 0 Å². The number of guanidine groups is 1. The second-order valence-corrected chi connectivity index (χ2v) is 5.56. The van der Waals surface area contributed by atoms with Gasteiger partial charge in [0, 0.05) is 20.0 Å². The molecule has 0 radical (unpaired) electrons. The number of nitrogens with zero attached hydrogens (tertiary/aromatic N) is 1. The zero-order chi connectivity index (χ0) is 18.2. The number of hydrogen-bond donors (Lipinski definition) is 2. The fourth-order valence-electron chi connectivity index (χ4n) is 2.26. The lowest BCUT2D eigenvalue weighted by atomic mass is 10.1. The summed E-state index contributed by atoms with van der Waals surface area (Å²) in [4.78, 5) is 15.4. The third-order valence-electron chi connectivity index (χ3n) is 3.54. The largest absolute Gasteiger partial charge is 0.492 e. The molecule has 1 aromatic carbocycles. The van der Waals surface area contributed by atoms with E-state index < -0.39 is 0 Å². The van der Waals surface area contributed by atoms with Crippen molar-refractivity contribution in [3.8, 4) is 5.75 Å². The first-order valence-corrected chi connectivity index (χ1v) is 9.04. The third-order valence-corrected chi connectivity index (χ3v) is 3.54. The minimum Gasteiger partial charge on any atom is -0.492 e. The number of ether oxygens (including phenoxy) is 2. The molecular weight excluding hydrogens is 318 g/mol. The molecule has 0 atom stereocenters. The van der Waals surface area contributed by atoms with Gasteiger partial charge in [0.2, 0.25) is 0 Å². The second-order valence-electron chi connectivity index (χ2n) is 5.56. The quantitative estimate of drug-likeness (QED) is 0.263. The Morgan fingerprint density at radius 1 is 1.04 bits per heavy atom. The number of nitrogens with one attached hydrogen (secondary N) is 2. The number of para-hydroxylation sites is 1. The van der Waals surface area contributed by atoms with Crippen LogP contribution in [0.15, 0.2) is 35.3 Å². The Morgan fingerprint density at radius 2 is 1.76 bits per heavy atom. The molecule has 0 aliphatic carbocycles. The average molecular weight is 349 g/mol. The Labute approximate surface area is 151 Å². The van der Waals surface area contributed by atoms with Crippen molar-refractivity contribution in [3.63, 3.8) is 0 Å². The lowest BCUT2D eigenvalue weighted by Gasteiger charge is -2.12. The van der Waals surface area contributed by atoms with E-state index in [9.17, 15) is 4.79 Å². The summed E-state index contributed by atoms with van der Waals surface area (Å²) >= 11 is 0. The van der Waals surface area contributed by atoms with E-state index in [-0.39, 0.29) is 5.97 Å². The van der Waals surface area contributed by atoms with Crippen molar-refractivity contribution in [2.24, 2.45) is 4.99 Å². The van der Waals surface area contributed by atoms with Crippen molar-refractivity contribution < 1.29 is 14.3 Å². The van der Waals surface area contributed by atoms with Crippen molar-refractivity contribution >= 4 is 11.9 Å². The lowest BCUT2D eigenvalue weighted by molar-refractivity contribution is -0.143. The van der Waals surface area contributed by atoms with E-state index in [0.29, 0.717) is 26.2 Å². The number of aliphatic imine (C=N–C) groups is 1. The molecule has 6 nitrogen and oxygen atoms in total. The second kappa shape index (κ2) is 14.1. The number of rotatable bonds is 12. The van der Waals surface area contributed by atoms with Crippen molar-refractivity contribution in [1.82, 2.24) is 10.6 Å². The van der Waals surface area contributed by atoms with Gasteiger partial charge in [0.05, 0.1) is 13.2 Å². The van der Waals surface area contributed by atoms with E-state index in [0.717, 1.165) is 43.9 Å². The molecule has 0 heterocycles. The summed E-state index contributed by atoms with van der Waals surface area (Å²) in [5.74, 6) is 1.56. The molecule has 0 unspecified atom stereocenters. The van der Waals surface area contributed by atoms with Gasteiger partial charge in [0.15, 0.2) is 5.96 Å². The molecule has 1 rings (SSSR count). The van der Waals surface area contributed by atoms with E-state index in [2.05, 4.69) is 15.6 Å². The van der Waals surface area contributed by atoms with E-state index in [1.165, 1.54) is 0 Å². The maximum absolute atomic E-state index is 11.2. The van der Waals surface area contributed by atoms with Crippen LogP contribution in [0.3, 0.4) is 0 Å². The Kier molecular flexibility index (Phi) is 11.8. The zero-order valence-corrected chi connectivity index (χ0v) is 15.4. The molecule has 0 aliphatic heterocycles. The van der Waals surface area contributed by atoms with Gasteiger partial charge in [-0.25, -0.2) is 0 Å². The Hall–Kier alpha value is -2.24. The SMILES string of the molecule is CCOC(=O)CCCCCCNC(=NC)NCCOc1ccccc1. The first-order chi connectivity index (χ1) is 12.3. The highest BCUT2D eigenvalue weighted by Gasteiger charge is 2.01. The summed E-state index contributed by atoms with van der Waals surface area (Å²) in [7, 11) is 1.76. The molecule has 0 aliphatic rings. The number of carbonyl (C=O) groups is 1. The molecule has 25 heavy (non-hydrogen) atoms. The van der Waals surface area contributed by atoms with Gasteiger partial charge in [-0.05, 0) is 31.9 Å². The van der Waals surface area contributed by atoms with Crippen molar-refractivity contribution in [3.05, 3.63) is 30.3 Å². The van der Waals surface area contributed by atoms with Crippen LogP contribution in [0.25, 0.3) is 0 Å². The van der Waals surface area contributed by atoms with Crippen LogP contribution in [0.4, 0.5) is 0 Å². The van der Waals surface area contributed by atoms with Crippen molar-refractivity contribution in [2.75, 3.05) is 33.4 Å². The molecule has 0 amide bonds. The molecule has 140 valence electrons. The molecule has 6 heteroatoms. The molecule has 2 N–H and O–H groups in total. The number of unbranched alkanes of at least 4 members (excludes halogenated alkanes) is 3. The maximum Gasteiger partial charge on any atom is 0.305 e. The van der Waals surface area contributed by atoms with Gasteiger partial charge in [0.1, 0.15) is 12.4 Å². The van der Waals surface area contributed by atoms with E-state index in [1.807, 2.05) is 37.3 Å². The Balaban J connectivity index is 1.98. The number of esters is 1. The molecule has 0 saturated carbocycles. The predicted molar refractivity (Wildman–Crippen MR) is 101 cm³/mol. The van der Waals surface area contributed by atoms with Crippen molar-refractivity contribution in [2.45, 2.75) is 39.0 Å². The Morgan fingerprint density at radius 3 is 2.48 bits per heavy atom. The summed E-state index contributed by atoms with van der Waals surface area (Å²) < 4.78 is 10.5. The summed E-state index contributed by atoms with van der Waals surface area (Å²) in [6.45, 7) is 4.43. The van der Waals surface area contributed by atoms with Crippen molar-refractivity contribution in [1.29, 1.82) is 0 Å². The summed E-state index contributed by atoms with van der Waals surface area (Å²) in [5, 5.41) is 6.50. The van der Waals surface area contributed by atoms with Crippen LogP contribution in [0.1, 0.15) is 39.0 Å². The van der Waals surface area contributed by atoms with Gasteiger partial charge >= 0.3 is 5.97 Å². The van der Waals surface area contributed by atoms with Gasteiger partial charge in [-0.2, -0.15) is 0 Å². The van der Waals surface area contributed by atoms with Crippen LogP contribution in [-0.2, 0) is 9.53 Å². The molecule has 0 aromatic heterocycles. The highest BCUT2D eigenvalue weighted by Crippen LogP contribution is 2.07. The van der Waals surface area contributed by atoms with Crippen LogP contribution in [0, 0.1) is 0 Å². The minimum atomic E-state index is -0.0945. The predicted octanol–water partition coefficient (Wildman–Crippen LogP) is 2.74. The van der Waals surface area contributed by atoms with Crippen LogP contribution >= 0.6 is 0 Å². The maximum atomic E-state index is 11.2. The normalized spacial score (nSPS) is 11.0. The van der Waals surface area contributed by atoms with E-state index >= 15 is 0 Å². The molecular formula is C19H31N3O3. The summed E-state index contributed by atoms with van der Waals surface area (Å²) in [6.07, 6.45) is 4.58. The summed E-state index contributed by atoms with van der Waals surface area (Å²) in [6, 6.07) is 9.75. The first kappa shape index (κ1) is 20.8. The van der Waals surface area contributed by atoms with E-state index in [1.54, 1.807) is 7.05 Å². The zero-order valence-electron chi connectivity index (χ0n) is 15.4. The summed E-state index contributed by atoms with van der Waals surface area (Å²) in [5.41, 5.74) is 0. The van der Waals surface area contributed by atoms with Crippen LogP contribution < -0.4 is 15.4 Å². The van der Waals surface area contributed by atoms with Gasteiger partial charge in [-0.15, -0.1) is 0 Å². The lowest BCUT2D eigenvalue weighted by Crippen LogP contribution is -2.39. The number of carbonyl (C=O) groups excluding carboxylic acids is 1. The number of benzene rings is 1. The van der Waals surface area contributed by atoms with E-state index in [4.69, 9.17) is 9.47 Å². The standard InChI is InChI=1S/C19H31N3O3/c1-3-24-18(23)13-9-4-5-10-14-21-19(20-2)22-15-16-25-17-11-7-6-8-12-17/h6-8,11-12H,3-5,9-10,13-16H2,1-2H3,(H2,20,21,22). The van der Waals surface area contributed by atoms with Gasteiger partial charge in [-0.1, -0.05) is 31.0 Å². The minimum absolute atomic E-state index is 0.0945. The van der Waals surface area contributed by atoms with Crippen LogP contribution in [-0.4, -0.2) is 45.3 Å². The van der Waals surface area contributed by atoms with Gasteiger partial charge in [-0.3, -0.25) is 9.79 Å².